The molecule has 0 amide bonds. The summed E-state index contributed by atoms with van der Waals surface area (Å²) in [6, 6.07) is 74.8. The van der Waals surface area contributed by atoms with Gasteiger partial charge in [-0.15, -0.1) is 0 Å². The molecule has 0 aliphatic rings. The highest BCUT2D eigenvalue weighted by atomic mass is 79.9. The maximum Gasteiger partial charge on any atom is 0.0384 e. The van der Waals surface area contributed by atoms with Crippen molar-refractivity contribution in [3.8, 4) is 44.5 Å². The molecule has 3 heteroatoms. The Labute approximate surface area is 310 Å². The number of benzene rings is 8. The van der Waals surface area contributed by atoms with Crippen LogP contribution in [0.2, 0.25) is 0 Å². The van der Waals surface area contributed by atoms with E-state index in [9.17, 15) is 0 Å². The van der Waals surface area contributed by atoms with Crippen LogP contribution in [0.15, 0.2) is 223 Å². The maximum atomic E-state index is 5.60. The number of hydrogen-bond acceptors (Lipinski definition) is 2. The van der Waals surface area contributed by atoms with Crippen LogP contribution in [0, 0.1) is 0 Å². The molecular weight excluding hydrogens is 684 g/mol. The Bertz CT molecular complexity index is 2000. The van der Waals surface area contributed by atoms with E-state index in [1.165, 1.54) is 44.5 Å². The number of halogens is 1. The second kappa shape index (κ2) is 18.0. The molecule has 51 heavy (non-hydrogen) atoms. The van der Waals surface area contributed by atoms with Gasteiger partial charge in [0.15, 0.2) is 0 Å². The van der Waals surface area contributed by atoms with E-state index in [2.05, 4.69) is 179 Å². The highest BCUT2D eigenvalue weighted by Gasteiger charge is 2.01. The molecular formula is C48H39BrN2. The van der Waals surface area contributed by atoms with Gasteiger partial charge in [0.2, 0.25) is 0 Å². The molecule has 8 aromatic carbocycles. The number of hydrogen-bond donors (Lipinski definition) is 2. The van der Waals surface area contributed by atoms with Crippen molar-refractivity contribution in [2.24, 2.45) is 0 Å². The summed E-state index contributed by atoms with van der Waals surface area (Å²) in [6.07, 6.45) is 0. The standard InChI is InChI=1S/C24H19N.C12H9Br.C12H11N/c1-3-7-19(8-4-1)21-11-15-23(16-12-21)25-24-17-13-22(14-18-24)20-9-5-2-6-10-20;2*13-12-8-6-11(7-9-12)10-4-2-1-3-5-10/h1-18,25H;1-9H;1-9H,13H2. The highest BCUT2D eigenvalue weighted by molar-refractivity contribution is 9.10. The number of rotatable bonds is 6. The minimum Gasteiger partial charge on any atom is -0.399 e. The predicted octanol–water partition coefficient (Wildman–Crippen LogP) is 13.8. The summed E-state index contributed by atoms with van der Waals surface area (Å²) in [5.41, 5.74) is 18.5. The van der Waals surface area contributed by atoms with Crippen molar-refractivity contribution < 1.29 is 0 Å². The van der Waals surface area contributed by atoms with Crippen LogP contribution in [0.25, 0.3) is 44.5 Å². The molecule has 0 heterocycles. The SMILES string of the molecule is Brc1ccc(-c2ccccc2)cc1.Nc1ccc(-c2ccccc2)cc1.c1ccc(-c2ccc(Nc3ccc(-c4ccccc4)cc3)cc2)cc1. The lowest BCUT2D eigenvalue weighted by atomic mass is 10.0. The molecule has 0 bridgehead atoms. The van der Waals surface area contributed by atoms with Crippen LogP contribution in [-0.2, 0) is 0 Å². The van der Waals surface area contributed by atoms with Gasteiger partial charge in [0.1, 0.15) is 0 Å². The van der Waals surface area contributed by atoms with Crippen molar-refractivity contribution in [1.29, 1.82) is 0 Å². The first-order valence-corrected chi connectivity index (χ1v) is 17.7. The largest absolute Gasteiger partial charge is 0.399 e. The first-order chi connectivity index (χ1) is 25.1. The van der Waals surface area contributed by atoms with E-state index < -0.39 is 0 Å². The van der Waals surface area contributed by atoms with E-state index in [1.807, 2.05) is 60.7 Å². The lowest BCUT2D eigenvalue weighted by Crippen LogP contribution is -1.90. The van der Waals surface area contributed by atoms with Crippen LogP contribution in [0.1, 0.15) is 0 Å². The topological polar surface area (TPSA) is 38.0 Å². The summed E-state index contributed by atoms with van der Waals surface area (Å²) in [5.74, 6) is 0. The Morgan fingerprint density at radius 2 is 0.510 bits per heavy atom. The molecule has 3 N–H and O–H groups in total. The van der Waals surface area contributed by atoms with Crippen molar-refractivity contribution in [3.05, 3.63) is 223 Å². The van der Waals surface area contributed by atoms with Gasteiger partial charge in [-0.25, -0.2) is 0 Å². The average molecular weight is 724 g/mol. The van der Waals surface area contributed by atoms with Gasteiger partial charge in [-0.05, 0) is 93.0 Å². The molecule has 0 aliphatic carbocycles. The summed E-state index contributed by atoms with van der Waals surface area (Å²) in [4.78, 5) is 0. The van der Waals surface area contributed by atoms with Crippen LogP contribution in [0.4, 0.5) is 17.1 Å². The van der Waals surface area contributed by atoms with Crippen LogP contribution < -0.4 is 11.1 Å². The van der Waals surface area contributed by atoms with Crippen molar-refractivity contribution in [3.63, 3.8) is 0 Å². The van der Waals surface area contributed by atoms with Crippen LogP contribution >= 0.6 is 15.9 Å². The van der Waals surface area contributed by atoms with E-state index in [4.69, 9.17) is 5.73 Å². The molecule has 8 aromatic rings. The van der Waals surface area contributed by atoms with E-state index in [1.54, 1.807) is 0 Å². The quantitative estimate of drug-likeness (QED) is 0.168. The minimum atomic E-state index is 0.805. The lowest BCUT2D eigenvalue weighted by molar-refractivity contribution is 1.53. The van der Waals surface area contributed by atoms with Gasteiger partial charge >= 0.3 is 0 Å². The zero-order chi connectivity index (χ0) is 35.1. The number of nitrogen functional groups attached to an aromatic ring is 1. The van der Waals surface area contributed by atoms with Crippen molar-refractivity contribution >= 4 is 33.0 Å². The fourth-order valence-corrected chi connectivity index (χ4v) is 5.76. The molecule has 248 valence electrons. The van der Waals surface area contributed by atoms with Crippen LogP contribution in [-0.4, -0.2) is 0 Å². The van der Waals surface area contributed by atoms with Crippen molar-refractivity contribution in [2.45, 2.75) is 0 Å². The summed E-state index contributed by atoms with van der Waals surface area (Å²) in [7, 11) is 0. The van der Waals surface area contributed by atoms with Gasteiger partial charge in [0, 0.05) is 21.5 Å². The second-order valence-electron chi connectivity index (χ2n) is 11.9. The van der Waals surface area contributed by atoms with Crippen LogP contribution in [0.5, 0.6) is 0 Å². The molecule has 0 saturated carbocycles. The number of nitrogens with two attached hydrogens (primary N) is 1. The third-order valence-electron chi connectivity index (χ3n) is 8.24. The molecule has 2 nitrogen and oxygen atoms in total. The van der Waals surface area contributed by atoms with Gasteiger partial charge in [-0.2, -0.15) is 0 Å². The van der Waals surface area contributed by atoms with E-state index in [0.29, 0.717) is 0 Å². The summed E-state index contributed by atoms with van der Waals surface area (Å²) in [6.45, 7) is 0. The number of anilines is 3. The fourth-order valence-electron chi connectivity index (χ4n) is 5.50. The maximum absolute atomic E-state index is 5.60. The molecule has 0 radical (unpaired) electrons. The molecule has 0 atom stereocenters. The molecule has 0 aliphatic heterocycles. The fraction of sp³-hybridized carbons (Fsp3) is 0. The Balaban J connectivity index is 0.000000145. The van der Waals surface area contributed by atoms with Gasteiger partial charge < -0.3 is 11.1 Å². The normalized spacial score (nSPS) is 10.1. The summed E-state index contributed by atoms with van der Waals surface area (Å²) < 4.78 is 1.12. The van der Waals surface area contributed by atoms with E-state index in [0.717, 1.165) is 21.5 Å². The third kappa shape index (κ3) is 10.4. The molecule has 0 aromatic heterocycles. The zero-order valence-electron chi connectivity index (χ0n) is 28.2. The van der Waals surface area contributed by atoms with E-state index >= 15 is 0 Å². The summed E-state index contributed by atoms with van der Waals surface area (Å²) >= 11 is 3.42. The molecule has 8 rings (SSSR count). The first kappa shape index (κ1) is 34.7. The zero-order valence-corrected chi connectivity index (χ0v) is 29.8. The van der Waals surface area contributed by atoms with E-state index in [-0.39, 0.29) is 0 Å². The Morgan fingerprint density at radius 1 is 0.275 bits per heavy atom. The summed E-state index contributed by atoms with van der Waals surface area (Å²) in [5, 5.41) is 3.46. The van der Waals surface area contributed by atoms with Gasteiger partial charge in [0.05, 0.1) is 0 Å². The Morgan fingerprint density at radius 3 is 0.804 bits per heavy atom. The van der Waals surface area contributed by atoms with Gasteiger partial charge in [0.25, 0.3) is 0 Å². The average Bonchev–Trinajstić information content (AvgIpc) is 3.21. The Hall–Kier alpha value is -6.16. The second-order valence-corrected chi connectivity index (χ2v) is 12.8. The Kier molecular flexibility index (Phi) is 12.3. The minimum absolute atomic E-state index is 0.805. The smallest absolute Gasteiger partial charge is 0.0384 e. The van der Waals surface area contributed by atoms with Crippen molar-refractivity contribution in [2.75, 3.05) is 11.1 Å². The lowest BCUT2D eigenvalue weighted by Gasteiger charge is -2.09. The third-order valence-corrected chi connectivity index (χ3v) is 8.77. The monoisotopic (exact) mass is 722 g/mol. The first-order valence-electron chi connectivity index (χ1n) is 16.9. The molecule has 0 spiro atoms. The molecule has 0 saturated heterocycles. The van der Waals surface area contributed by atoms with Gasteiger partial charge in [-0.1, -0.05) is 186 Å². The highest BCUT2D eigenvalue weighted by Crippen LogP contribution is 2.26. The van der Waals surface area contributed by atoms with Crippen molar-refractivity contribution in [1.82, 2.24) is 0 Å². The van der Waals surface area contributed by atoms with Gasteiger partial charge in [-0.3, -0.25) is 0 Å². The molecule has 0 fully saturated rings. The number of nitrogens with one attached hydrogen (secondary N) is 1. The molecule has 0 unspecified atom stereocenters. The van der Waals surface area contributed by atoms with Crippen LogP contribution in [0.3, 0.4) is 0 Å². The predicted molar refractivity (Wildman–Crippen MR) is 223 cm³/mol.